The molecule has 0 aliphatic carbocycles. The molecule has 0 aromatic carbocycles. The van der Waals surface area contributed by atoms with E-state index in [1.807, 2.05) is 0 Å². The van der Waals surface area contributed by atoms with Gasteiger partial charge in [-0.05, 0) is 24.3 Å². The Hall–Kier alpha value is -0.720. The van der Waals surface area contributed by atoms with Gasteiger partial charge in [-0.15, -0.1) is 0 Å². The van der Waals surface area contributed by atoms with Crippen LogP contribution in [-0.4, -0.2) is 27.1 Å². The fraction of sp³-hybridized carbons (Fsp3) is 0.444. The number of halogens is 2. The molecule has 2 N–H and O–H groups in total. The Morgan fingerprint density at radius 1 is 1.33 bits per heavy atom. The summed E-state index contributed by atoms with van der Waals surface area (Å²) in [6.45, 7) is 0. The van der Waals surface area contributed by atoms with Crippen molar-refractivity contribution in [3.05, 3.63) is 29.6 Å². The van der Waals surface area contributed by atoms with E-state index in [2.05, 4.69) is 17.6 Å². The second kappa shape index (κ2) is 5.39. The number of rotatable bonds is 4. The smallest absolute Gasteiger partial charge is 0.221 e. The molecule has 84 valence electrons. The van der Waals surface area contributed by atoms with E-state index in [1.54, 1.807) is 0 Å². The van der Waals surface area contributed by atoms with Gasteiger partial charge in [0.1, 0.15) is 6.10 Å². The van der Waals surface area contributed by atoms with Crippen LogP contribution in [0.15, 0.2) is 12.1 Å². The molecule has 1 rings (SSSR count). The number of thiol groups is 1. The number of nitrogens with zero attached hydrogens (tertiary/aromatic N) is 1. The van der Waals surface area contributed by atoms with Crippen LogP contribution in [0.3, 0.4) is 0 Å². The van der Waals surface area contributed by atoms with E-state index < -0.39 is 24.1 Å². The van der Waals surface area contributed by atoms with E-state index in [0.29, 0.717) is 5.75 Å². The van der Waals surface area contributed by atoms with Crippen LogP contribution < -0.4 is 0 Å². The third-order valence-electron chi connectivity index (χ3n) is 1.95. The highest BCUT2D eigenvalue weighted by molar-refractivity contribution is 7.80. The average molecular weight is 235 g/mol. The summed E-state index contributed by atoms with van der Waals surface area (Å²) in [5.41, 5.74) is -0.217. The number of hydrogen-bond acceptors (Lipinski definition) is 4. The normalized spacial score (nSPS) is 15.0. The third-order valence-corrected chi connectivity index (χ3v) is 2.21. The van der Waals surface area contributed by atoms with Crippen molar-refractivity contribution in [1.82, 2.24) is 4.98 Å². The zero-order valence-corrected chi connectivity index (χ0v) is 8.66. The Kier molecular flexibility index (Phi) is 4.44. The zero-order chi connectivity index (χ0) is 11.4. The van der Waals surface area contributed by atoms with Gasteiger partial charge in [-0.2, -0.15) is 26.4 Å². The quantitative estimate of drug-likeness (QED) is 0.540. The standard InChI is InChI=1S/C9H11F2NO2S/c10-7-2-1-5(9(11)12-7)8(14)6(13)3-4-15/h1-2,6,8,13-15H,3-4H2. The number of aliphatic hydroxyl groups is 2. The van der Waals surface area contributed by atoms with Crippen molar-refractivity contribution in [3.63, 3.8) is 0 Å². The van der Waals surface area contributed by atoms with Crippen LogP contribution in [0.25, 0.3) is 0 Å². The summed E-state index contributed by atoms with van der Waals surface area (Å²) in [6.07, 6.45) is -2.34. The molecule has 0 saturated heterocycles. The molecule has 2 unspecified atom stereocenters. The SMILES string of the molecule is OC(CCS)C(O)c1ccc(F)nc1F. The third kappa shape index (κ3) is 3.12. The molecule has 0 aliphatic rings. The molecule has 0 bridgehead atoms. The topological polar surface area (TPSA) is 53.4 Å². The molecule has 0 radical (unpaired) electrons. The van der Waals surface area contributed by atoms with E-state index in [0.717, 1.165) is 12.1 Å². The van der Waals surface area contributed by atoms with Gasteiger partial charge in [0, 0.05) is 5.56 Å². The van der Waals surface area contributed by atoms with Gasteiger partial charge >= 0.3 is 0 Å². The first-order valence-corrected chi connectivity index (χ1v) is 4.98. The first-order chi connectivity index (χ1) is 7.06. The Labute approximate surface area is 91.2 Å². The molecule has 3 nitrogen and oxygen atoms in total. The summed E-state index contributed by atoms with van der Waals surface area (Å²) in [7, 11) is 0. The summed E-state index contributed by atoms with van der Waals surface area (Å²) < 4.78 is 25.5. The maximum absolute atomic E-state index is 13.1. The second-order valence-electron chi connectivity index (χ2n) is 3.04. The fourth-order valence-corrected chi connectivity index (χ4v) is 1.41. The highest BCUT2D eigenvalue weighted by Gasteiger charge is 2.21. The Morgan fingerprint density at radius 3 is 2.53 bits per heavy atom. The largest absolute Gasteiger partial charge is 0.390 e. The van der Waals surface area contributed by atoms with Crippen molar-refractivity contribution >= 4 is 12.6 Å². The maximum atomic E-state index is 13.1. The monoisotopic (exact) mass is 235 g/mol. The molecule has 1 aromatic rings. The molecular weight excluding hydrogens is 224 g/mol. The average Bonchev–Trinajstić information content (AvgIpc) is 2.17. The lowest BCUT2D eigenvalue weighted by molar-refractivity contribution is 0.0146. The van der Waals surface area contributed by atoms with Crippen LogP contribution >= 0.6 is 12.6 Å². The first kappa shape index (κ1) is 12.4. The number of aromatic nitrogens is 1. The predicted molar refractivity (Wildman–Crippen MR) is 53.6 cm³/mol. The van der Waals surface area contributed by atoms with Crippen LogP contribution in [-0.2, 0) is 0 Å². The summed E-state index contributed by atoms with van der Waals surface area (Å²) in [5.74, 6) is -1.72. The molecule has 0 spiro atoms. The molecule has 6 heteroatoms. The van der Waals surface area contributed by atoms with E-state index in [9.17, 15) is 19.0 Å². The van der Waals surface area contributed by atoms with Gasteiger partial charge in [-0.25, -0.2) is 0 Å². The summed E-state index contributed by atoms with van der Waals surface area (Å²) in [4.78, 5) is 2.91. The lowest BCUT2D eigenvalue weighted by Crippen LogP contribution is -2.20. The van der Waals surface area contributed by atoms with Crippen molar-refractivity contribution in [1.29, 1.82) is 0 Å². The van der Waals surface area contributed by atoms with E-state index in [4.69, 9.17) is 0 Å². The van der Waals surface area contributed by atoms with Gasteiger partial charge in [0.05, 0.1) is 6.10 Å². The Balaban J connectivity index is 2.86. The first-order valence-electron chi connectivity index (χ1n) is 4.35. The van der Waals surface area contributed by atoms with Crippen molar-refractivity contribution in [3.8, 4) is 0 Å². The van der Waals surface area contributed by atoms with E-state index in [-0.39, 0.29) is 12.0 Å². The van der Waals surface area contributed by atoms with Crippen LogP contribution in [0.5, 0.6) is 0 Å². The Morgan fingerprint density at radius 2 is 2.00 bits per heavy atom. The lowest BCUT2D eigenvalue weighted by Gasteiger charge is -2.17. The van der Waals surface area contributed by atoms with Gasteiger partial charge in [-0.3, -0.25) is 0 Å². The highest BCUT2D eigenvalue weighted by atomic mass is 32.1. The second-order valence-corrected chi connectivity index (χ2v) is 3.49. The van der Waals surface area contributed by atoms with E-state index >= 15 is 0 Å². The van der Waals surface area contributed by atoms with Gasteiger partial charge in [-0.1, -0.05) is 0 Å². The minimum atomic E-state index is -1.41. The van der Waals surface area contributed by atoms with Crippen molar-refractivity contribution in [2.45, 2.75) is 18.6 Å². The number of pyridine rings is 1. The minimum absolute atomic E-state index is 0.209. The molecule has 0 aliphatic heterocycles. The minimum Gasteiger partial charge on any atom is -0.390 e. The van der Waals surface area contributed by atoms with Gasteiger partial charge < -0.3 is 10.2 Å². The zero-order valence-electron chi connectivity index (χ0n) is 7.77. The van der Waals surface area contributed by atoms with Crippen LogP contribution in [0.2, 0.25) is 0 Å². The van der Waals surface area contributed by atoms with Gasteiger partial charge in [0.15, 0.2) is 0 Å². The van der Waals surface area contributed by atoms with Gasteiger partial charge in [0.2, 0.25) is 11.9 Å². The lowest BCUT2D eigenvalue weighted by atomic mass is 10.0. The fourth-order valence-electron chi connectivity index (χ4n) is 1.14. The maximum Gasteiger partial charge on any atom is 0.221 e. The summed E-state index contributed by atoms with van der Waals surface area (Å²) >= 11 is 3.87. The molecule has 1 aromatic heterocycles. The van der Waals surface area contributed by atoms with Crippen molar-refractivity contribution in [2.75, 3.05) is 5.75 Å². The molecule has 1 heterocycles. The van der Waals surface area contributed by atoms with Gasteiger partial charge in [0.25, 0.3) is 0 Å². The van der Waals surface area contributed by atoms with Crippen LogP contribution in [0.1, 0.15) is 18.1 Å². The van der Waals surface area contributed by atoms with E-state index in [1.165, 1.54) is 0 Å². The summed E-state index contributed by atoms with van der Waals surface area (Å²) in [6, 6.07) is 1.99. The molecular formula is C9H11F2NO2S. The number of aliphatic hydroxyl groups excluding tert-OH is 2. The molecule has 15 heavy (non-hydrogen) atoms. The molecule has 0 amide bonds. The number of hydrogen-bond donors (Lipinski definition) is 3. The summed E-state index contributed by atoms with van der Waals surface area (Å²) in [5, 5.41) is 18.9. The Bertz CT molecular complexity index is 338. The molecule has 0 saturated carbocycles. The molecule has 2 atom stereocenters. The highest BCUT2D eigenvalue weighted by Crippen LogP contribution is 2.21. The van der Waals surface area contributed by atoms with Crippen LogP contribution in [0.4, 0.5) is 8.78 Å². The van der Waals surface area contributed by atoms with Crippen molar-refractivity contribution in [2.24, 2.45) is 0 Å². The van der Waals surface area contributed by atoms with Crippen LogP contribution in [0, 0.1) is 11.9 Å². The molecule has 0 fully saturated rings. The van der Waals surface area contributed by atoms with Crippen molar-refractivity contribution < 1.29 is 19.0 Å². The predicted octanol–water partition coefficient (Wildman–Crippen LogP) is 1.07.